The SMILES string of the molecule is CCOc1cccc2cc(C(C)NC(=O)/C=C/c3ccc(C(=O)OC)cc3)oc12. The number of rotatable bonds is 7. The molecule has 0 saturated carbocycles. The molecule has 1 heterocycles. The van der Waals surface area contributed by atoms with E-state index in [0.29, 0.717) is 29.3 Å². The van der Waals surface area contributed by atoms with Crippen LogP contribution in [-0.2, 0) is 9.53 Å². The Morgan fingerprint density at radius 2 is 1.93 bits per heavy atom. The van der Waals surface area contributed by atoms with Crippen LogP contribution < -0.4 is 10.1 Å². The predicted molar refractivity (Wildman–Crippen MR) is 111 cm³/mol. The van der Waals surface area contributed by atoms with E-state index >= 15 is 0 Å². The highest BCUT2D eigenvalue weighted by Crippen LogP contribution is 2.31. The maximum absolute atomic E-state index is 12.3. The number of nitrogens with one attached hydrogen (secondary N) is 1. The topological polar surface area (TPSA) is 77.8 Å². The van der Waals surface area contributed by atoms with Gasteiger partial charge in [0.05, 0.1) is 25.3 Å². The van der Waals surface area contributed by atoms with Crippen LogP contribution in [-0.4, -0.2) is 25.6 Å². The molecule has 1 atom stereocenters. The van der Waals surface area contributed by atoms with Crippen molar-refractivity contribution >= 4 is 28.9 Å². The molecule has 0 spiro atoms. The maximum atomic E-state index is 12.3. The lowest BCUT2D eigenvalue weighted by molar-refractivity contribution is -0.117. The molecule has 0 aliphatic rings. The van der Waals surface area contributed by atoms with Crippen molar-refractivity contribution in [3.05, 3.63) is 71.5 Å². The summed E-state index contributed by atoms with van der Waals surface area (Å²) in [5.41, 5.74) is 1.93. The van der Waals surface area contributed by atoms with E-state index in [1.165, 1.54) is 13.2 Å². The van der Waals surface area contributed by atoms with Gasteiger partial charge >= 0.3 is 5.97 Å². The second-order valence-electron chi connectivity index (χ2n) is 6.43. The summed E-state index contributed by atoms with van der Waals surface area (Å²) in [5.74, 6) is 0.687. The minimum Gasteiger partial charge on any atom is -0.490 e. The van der Waals surface area contributed by atoms with Gasteiger partial charge in [-0.15, -0.1) is 0 Å². The fraction of sp³-hybridized carbons (Fsp3) is 0.217. The molecule has 0 saturated heterocycles. The summed E-state index contributed by atoms with van der Waals surface area (Å²) < 4.78 is 16.2. The standard InChI is InChI=1S/C23H23NO5/c1-4-28-19-7-5-6-18-14-20(29-22(18)19)15(2)24-21(25)13-10-16-8-11-17(12-9-16)23(26)27-3/h5-15H,4H2,1-3H3,(H,24,25)/b13-10+. The maximum Gasteiger partial charge on any atom is 0.337 e. The largest absolute Gasteiger partial charge is 0.490 e. The molecule has 6 nitrogen and oxygen atoms in total. The molecule has 1 amide bonds. The summed E-state index contributed by atoms with van der Waals surface area (Å²) >= 11 is 0. The first kappa shape index (κ1) is 20.2. The van der Waals surface area contributed by atoms with Crippen LogP contribution in [0.15, 0.2) is 59.0 Å². The highest BCUT2D eigenvalue weighted by atomic mass is 16.5. The number of amides is 1. The molecule has 29 heavy (non-hydrogen) atoms. The first-order valence-corrected chi connectivity index (χ1v) is 9.34. The van der Waals surface area contributed by atoms with Gasteiger partial charge in [-0.25, -0.2) is 4.79 Å². The zero-order chi connectivity index (χ0) is 20.8. The van der Waals surface area contributed by atoms with Gasteiger partial charge in [-0.3, -0.25) is 4.79 Å². The normalized spacial score (nSPS) is 12.1. The van der Waals surface area contributed by atoms with E-state index in [4.69, 9.17) is 9.15 Å². The first-order chi connectivity index (χ1) is 14.0. The van der Waals surface area contributed by atoms with Crippen LogP contribution in [0.1, 0.15) is 41.6 Å². The van der Waals surface area contributed by atoms with Gasteiger partial charge < -0.3 is 19.2 Å². The molecule has 0 fully saturated rings. The van der Waals surface area contributed by atoms with Crippen molar-refractivity contribution in [1.82, 2.24) is 5.32 Å². The molecular formula is C23H23NO5. The van der Waals surface area contributed by atoms with Crippen molar-refractivity contribution in [1.29, 1.82) is 0 Å². The molecule has 1 aromatic heterocycles. The van der Waals surface area contributed by atoms with Gasteiger partial charge in [0.2, 0.25) is 5.91 Å². The quantitative estimate of drug-likeness (QED) is 0.472. The minimum atomic E-state index is -0.398. The summed E-state index contributed by atoms with van der Waals surface area (Å²) in [6.45, 7) is 4.32. The molecule has 3 rings (SSSR count). The molecule has 1 N–H and O–H groups in total. The molecule has 0 aliphatic carbocycles. The van der Waals surface area contributed by atoms with Crippen LogP contribution in [0, 0.1) is 0 Å². The summed E-state index contributed by atoms with van der Waals surface area (Å²) in [5, 5.41) is 3.81. The Kier molecular flexibility index (Phi) is 6.34. The van der Waals surface area contributed by atoms with Crippen LogP contribution in [0.5, 0.6) is 5.75 Å². The number of methoxy groups -OCH3 is 1. The van der Waals surface area contributed by atoms with Crippen molar-refractivity contribution in [2.45, 2.75) is 19.9 Å². The molecule has 1 unspecified atom stereocenters. The van der Waals surface area contributed by atoms with Crippen LogP contribution in [0.25, 0.3) is 17.0 Å². The van der Waals surface area contributed by atoms with Crippen molar-refractivity contribution in [2.24, 2.45) is 0 Å². The summed E-state index contributed by atoms with van der Waals surface area (Å²) in [4.78, 5) is 23.7. The highest BCUT2D eigenvalue weighted by Gasteiger charge is 2.15. The fourth-order valence-electron chi connectivity index (χ4n) is 2.89. The predicted octanol–water partition coefficient (Wildman–Crippen LogP) is 4.51. The molecule has 6 heteroatoms. The first-order valence-electron chi connectivity index (χ1n) is 9.34. The fourth-order valence-corrected chi connectivity index (χ4v) is 2.89. The molecule has 2 aromatic carbocycles. The number of furan rings is 1. The van der Waals surface area contributed by atoms with Crippen LogP contribution >= 0.6 is 0 Å². The van der Waals surface area contributed by atoms with E-state index < -0.39 is 5.97 Å². The highest BCUT2D eigenvalue weighted by molar-refractivity contribution is 5.93. The lowest BCUT2D eigenvalue weighted by atomic mass is 10.1. The molecule has 150 valence electrons. The third-order valence-electron chi connectivity index (χ3n) is 4.37. The number of carbonyl (C=O) groups excluding carboxylic acids is 2. The smallest absolute Gasteiger partial charge is 0.337 e. The monoisotopic (exact) mass is 393 g/mol. The van der Waals surface area contributed by atoms with Gasteiger partial charge in [0, 0.05) is 11.5 Å². The summed E-state index contributed by atoms with van der Waals surface area (Å²) in [6.07, 6.45) is 3.12. The zero-order valence-electron chi connectivity index (χ0n) is 16.6. The number of carbonyl (C=O) groups is 2. The summed E-state index contributed by atoms with van der Waals surface area (Å²) in [6, 6.07) is 14.1. The number of fused-ring (bicyclic) bond motifs is 1. The number of hydrogen-bond acceptors (Lipinski definition) is 5. The number of ether oxygens (including phenoxy) is 2. The Morgan fingerprint density at radius 1 is 1.17 bits per heavy atom. The van der Waals surface area contributed by atoms with Gasteiger partial charge in [0.25, 0.3) is 0 Å². The van der Waals surface area contributed by atoms with Crippen molar-refractivity contribution in [3.8, 4) is 5.75 Å². The lowest BCUT2D eigenvalue weighted by Crippen LogP contribution is -2.24. The van der Waals surface area contributed by atoms with Gasteiger partial charge in [-0.1, -0.05) is 24.3 Å². The third kappa shape index (κ3) is 4.85. The van der Waals surface area contributed by atoms with Gasteiger partial charge in [-0.05, 0) is 49.8 Å². The Labute approximate surface area is 169 Å². The zero-order valence-corrected chi connectivity index (χ0v) is 16.6. The van der Waals surface area contributed by atoms with Gasteiger partial charge in [0.1, 0.15) is 5.76 Å². The summed E-state index contributed by atoms with van der Waals surface area (Å²) in [7, 11) is 1.33. The van der Waals surface area contributed by atoms with Gasteiger partial charge in [0.15, 0.2) is 11.3 Å². The van der Waals surface area contributed by atoms with E-state index in [2.05, 4.69) is 10.1 Å². The second kappa shape index (κ2) is 9.10. The van der Waals surface area contributed by atoms with E-state index in [-0.39, 0.29) is 11.9 Å². The lowest BCUT2D eigenvalue weighted by Gasteiger charge is -2.09. The Bertz CT molecular complexity index is 1030. The van der Waals surface area contributed by atoms with Crippen molar-refractivity contribution < 1.29 is 23.5 Å². The van der Waals surface area contributed by atoms with Gasteiger partial charge in [-0.2, -0.15) is 0 Å². The number of para-hydroxylation sites is 1. The number of hydrogen-bond donors (Lipinski definition) is 1. The Hall–Kier alpha value is -3.54. The molecule has 0 radical (unpaired) electrons. The number of benzene rings is 2. The van der Waals surface area contributed by atoms with Crippen LogP contribution in [0.3, 0.4) is 0 Å². The minimum absolute atomic E-state index is 0.250. The Balaban J connectivity index is 1.66. The third-order valence-corrected chi connectivity index (χ3v) is 4.37. The van der Waals surface area contributed by atoms with Crippen LogP contribution in [0.2, 0.25) is 0 Å². The van der Waals surface area contributed by atoms with Crippen LogP contribution in [0.4, 0.5) is 0 Å². The molecular weight excluding hydrogens is 370 g/mol. The number of esters is 1. The second-order valence-corrected chi connectivity index (χ2v) is 6.43. The van der Waals surface area contributed by atoms with E-state index in [0.717, 1.165) is 10.9 Å². The van der Waals surface area contributed by atoms with Crippen molar-refractivity contribution in [2.75, 3.05) is 13.7 Å². The Morgan fingerprint density at radius 3 is 2.62 bits per heavy atom. The molecule has 3 aromatic rings. The van der Waals surface area contributed by atoms with E-state index in [1.807, 2.05) is 38.1 Å². The van der Waals surface area contributed by atoms with E-state index in [9.17, 15) is 9.59 Å². The average molecular weight is 393 g/mol. The molecule has 0 bridgehead atoms. The van der Waals surface area contributed by atoms with Crippen molar-refractivity contribution in [3.63, 3.8) is 0 Å². The van der Waals surface area contributed by atoms with E-state index in [1.54, 1.807) is 30.3 Å². The average Bonchev–Trinajstić information content (AvgIpc) is 3.18. The molecule has 0 aliphatic heterocycles.